The van der Waals surface area contributed by atoms with Gasteiger partial charge in [-0.15, -0.1) is 0 Å². The second-order valence-corrected chi connectivity index (χ2v) is 13.4. The van der Waals surface area contributed by atoms with E-state index in [0.29, 0.717) is 59.5 Å². The normalized spacial score (nSPS) is 29.2. The van der Waals surface area contributed by atoms with Gasteiger partial charge in [-0.05, 0) is 18.6 Å². The molecule has 0 radical (unpaired) electrons. The molecule has 7 N–H and O–H groups in total. The average Bonchev–Trinajstić information content (AvgIpc) is 3.16. The molecule has 9 unspecified atom stereocenters. The highest BCUT2D eigenvalue weighted by Gasteiger charge is 2.50. The van der Waals surface area contributed by atoms with Crippen molar-refractivity contribution in [2.75, 3.05) is 105 Å². The van der Waals surface area contributed by atoms with Crippen LogP contribution >= 0.6 is 12.6 Å². The molecule has 2 heterocycles. The first-order valence-electron chi connectivity index (χ1n) is 19.1. The van der Waals surface area contributed by atoms with E-state index in [0.717, 1.165) is 18.8 Å². The first-order chi connectivity index (χ1) is 25.8. The number of thiol groups is 1. The summed E-state index contributed by atoms with van der Waals surface area (Å²) in [6.45, 7) is 4.02. The van der Waals surface area contributed by atoms with Crippen molar-refractivity contribution in [1.29, 1.82) is 0 Å². The molecule has 2 rings (SSSR count). The molecule has 0 aromatic heterocycles. The van der Waals surface area contributed by atoms with Crippen molar-refractivity contribution < 1.29 is 83.1 Å². The molecule has 10 atom stereocenters. The summed E-state index contributed by atoms with van der Waals surface area (Å²) in [5.41, 5.74) is 0. The fourth-order valence-corrected chi connectivity index (χ4v) is 5.89. The smallest absolute Gasteiger partial charge is 0.187 e. The molecule has 0 aromatic rings. The number of unbranched alkanes of at least 4 members (excludes halogenated alkanes) is 8. The molecule has 0 aromatic carbocycles. The van der Waals surface area contributed by atoms with Crippen molar-refractivity contribution in [3.05, 3.63) is 0 Å². The van der Waals surface area contributed by atoms with Crippen LogP contribution in [0.15, 0.2) is 0 Å². The van der Waals surface area contributed by atoms with Crippen molar-refractivity contribution in [3.63, 3.8) is 0 Å². The predicted octanol–water partition coefficient (Wildman–Crippen LogP) is -0.833. The maximum absolute atomic E-state index is 10.7. The maximum Gasteiger partial charge on any atom is 0.187 e. The maximum atomic E-state index is 10.7. The van der Waals surface area contributed by atoms with Gasteiger partial charge in [-0.3, -0.25) is 0 Å². The van der Waals surface area contributed by atoms with Gasteiger partial charge in [-0.2, -0.15) is 12.6 Å². The lowest BCUT2D eigenvalue weighted by atomic mass is 9.97. The van der Waals surface area contributed by atoms with Gasteiger partial charge >= 0.3 is 0 Å². The zero-order valence-corrected chi connectivity index (χ0v) is 32.0. The Morgan fingerprint density at radius 2 is 0.792 bits per heavy atom. The van der Waals surface area contributed by atoms with E-state index in [4.69, 9.17) is 47.4 Å². The Balaban J connectivity index is 1.35. The van der Waals surface area contributed by atoms with E-state index in [1.807, 2.05) is 0 Å². The molecular formula is C35H68O17S. The van der Waals surface area contributed by atoms with E-state index in [9.17, 15) is 35.7 Å². The molecule has 18 heteroatoms. The second-order valence-electron chi connectivity index (χ2n) is 13.0. The van der Waals surface area contributed by atoms with Gasteiger partial charge in [0.25, 0.3) is 0 Å². The van der Waals surface area contributed by atoms with E-state index in [2.05, 4.69) is 12.6 Å². The van der Waals surface area contributed by atoms with Crippen LogP contribution in [0.2, 0.25) is 0 Å². The van der Waals surface area contributed by atoms with Gasteiger partial charge in [-0.1, -0.05) is 44.9 Å². The van der Waals surface area contributed by atoms with Crippen LogP contribution in [-0.4, -0.2) is 202 Å². The number of rotatable bonds is 34. The molecule has 2 saturated heterocycles. The molecule has 2 fully saturated rings. The summed E-state index contributed by atoms with van der Waals surface area (Å²) in [6.07, 6.45) is -3.61. The first kappa shape index (κ1) is 48.8. The number of hydrogen-bond acceptors (Lipinski definition) is 18. The van der Waals surface area contributed by atoms with Crippen molar-refractivity contribution >= 4 is 12.6 Å². The molecular weight excluding hydrogens is 724 g/mol. The molecule has 0 spiro atoms. The SMILES string of the molecule is OCC1OC(OCCOCCOCCOCCOCCOCCOCCCCCCCCCCCS)C(O)C(O)C1OC1O[C@@H](CO)C(O)C(O)C1O. The van der Waals surface area contributed by atoms with Crippen LogP contribution < -0.4 is 0 Å². The Kier molecular flexibility index (Phi) is 29.2. The second kappa shape index (κ2) is 31.7. The monoisotopic (exact) mass is 792 g/mol. The van der Waals surface area contributed by atoms with Crippen LogP contribution in [0.4, 0.5) is 0 Å². The Hall–Kier alpha value is -0.330. The third kappa shape index (κ3) is 20.6. The van der Waals surface area contributed by atoms with Gasteiger partial charge in [0.1, 0.15) is 48.8 Å². The minimum absolute atomic E-state index is 0.00910. The van der Waals surface area contributed by atoms with Gasteiger partial charge in [0.2, 0.25) is 0 Å². The standard InChI is InChI=1S/C35H68O17S/c36-24-26-28(38)29(39)31(41)35(50-26)52-33-27(25-37)51-34(32(42)30(33)40)49-22-21-48-20-19-47-18-17-46-16-15-45-14-13-44-12-11-43-10-8-6-4-2-1-3-5-7-9-23-53/h26-42,53H,1-25H2/t26-,27?,28?,29?,30?,31?,32?,33?,34?,35?/m0/s1. The molecule has 2 aliphatic heterocycles. The highest BCUT2D eigenvalue weighted by Crippen LogP contribution is 2.29. The minimum Gasteiger partial charge on any atom is -0.394 e. The topological polar surface area (TPSA) is 234 Å². The van der Waals surface area contributed by atoms with E-state index in [1.54, 1.807) is 0 Å². The summed E-state index contributed by atoms with van der Waals surface area (Å²) in [5, 5.41) is 70.5. The number of aliphatic hydroxyl groups excluding tert-OH is 7. The summed E-state index contributed by atoms with van der Waals surface area (Å²) >= 11 is 4.24. The van der Waals surface area contributed by atoms with Crippen LogP contribution in [-0.2, 0) is 47.4 Å². The van der Waals surface area contributed by atoms with E-state index in [-0.39, 0.29) is 19.8 Å². The zero-order valence-electron chi connectivity index (χ0n) is 31.1. The van der Waals surface area contributed by atoms with Gasteiger partial charge in [-0.25, -0.2) is 0 Å². The van der Waals surface area contributed by atoms with Crippen molar-refractivity contribution in [2.45, 2.75) is 119 Å². The lowest BCUT2D eigenvalue weighted by molar-refractivity contribution is -0.359. The van der Waals surface area contributed by atoms with Crippen molar-refractivity contribution in [1.82, 2.24) is 0 Å². The molecule has 0 amide bonds. The van der Waals surface area contributed by atoms with Crippen molar-refractivity contribution in [3.8, 4) is 0 Å². The van der Waals surface area contributed by atoms with Crippen molar-refractivity contribution in [2.24, 2.45) is 0 Å². The summed E-state index contributed by atoms with van der Waals surface area (Å²) in [4.78, 5) is 0. The van der Waals surface area contributed by atoms with Gasteiger partial charge < -0.3 is 83.1 Å². The Bertz CT molecular complexity index is 833. The highest BCUT2D eigenvalue weighted by molar-refractivity contribution is 7.80. The van der Waals surface area contributed by atoms with Gasteiger partial charge in [0, 0.05) is 6.61 Å². The lowest BCUT2D eigenvalue weighted by Crippen LogP contribution is -2.64. The van der Waals surface area contributed by atoms with Crippen LogP contribution in [0.5, 0.6) is 0 Å². The number of ether oxygens (including phenoxy) is 10. The minimum atomic E-state index is -1.74. The fourth-order valence-electron chi connectivity index (χ4n) is 5.67. The van der Waals surface area contributed by atoms with Crippen LogP contribution in [0.3, 0.4) is 0 Å². The third-order valence-corrected chi connectivity index (χ3v) is 9.09. The number of aliphatic hydroxyl groups is 7. The highest BCUT2D eigenvalue weighted by atomic mass is 32.1. The quantitative estimate of drug-likeness (QED) is 0.0293. The Morgan fingerprint density at radius 3 is 1.26 bits per heavy atom. The van der Waals surface area contributed by atoms with E-state index in [1.165, 1.54) is 51.4 Å². The summed E-state index contributed by atoms with van der Waals surface area (Å²) < 4.78 is 54.9. The molecule has 0 aliphatic carbocycles. The number of hydrogen-bond donors (Lipinski definition) is 8. The summed E-state index contributed by atoms with van der Waals surface area (Å²) in [5.74, 6) is 1.00. The molecule has 17 nitrogen and oxygen atoms in total. The zero-order chi connectivity index (χ0) is 38.5. The summed E-state index contributed by atoms with van der Waals surface area (Å²) in [6, 6.07) is 0. The summed E-state index contributed by atoms with van der Waals surface area (Å²) in [7, 11) is 0. The van der Waals surface area contributed by atoms with E-state index >= 15 is 0 Å². The van der Waals surface area contributed by atoms with Crippen LogP contribution in [0.25, 0.3) is 0 Å². The lowest BCUT2D eigenvalue weighted by Gasteiger charge is -2.45. The fraction of sp³-hybridized carbons (Fsp3) is 1.00. The Labute approximate surface area is 319 Å². The third-order valence-electron chi connectivity index (χ3n) is 8.78. The van der Waals surface area contributed by atoms with Crippen LogP contribution in [0, 0.1) is 0 Å². The molecule has 0 bridgehead atoms. The molecule has 53 heavy (non-hydrogen) atoms. The molecule has 0 saturated carbocycles. The molecule has 2 aliphatic rings. The van der Waals surface area contributed by atoms with E-state index < -0.39 is 74.6 Å². The average molecular weight is 793 g/mol. The first-order valence-corrected chi connectivity index (χ1v) is 19.8. The van der Waals surface area contributed by atoms with Crippen LogP contribution in [0.1, 0.15) is 57.8 Å². The molecule has 316 valence electrons. The predicted molar refractivity (Wildman–Crippen MR) is 193 cm³/mol. The largest absolute Gasteiger partial charge is 0.394 e. The van der Waals surface area contributed by atoms with Gasteiger partial charge in [0.05, 0.1) is 92.5 Å². The Morgan fingerprint density at radius 1 is 0.396 bits per heavy atom. The van der Waals surface area contributed by atoms with Gasteiger partial charge in [0.15, 0.2) is 12.6 Å².